The maximum Gasteiger partial charge on any atom is 0.238 e. The first-order valence-electron chi connectivity index (χ1n) is 14.0. The van der Waals surface area contributed by atoms with Gasteiger partial charge in [0.15, 0.2) is 0 Å². The van der Waals surface area contributed by atoms with Crippen molar-refractivity contribution in [1.29, 1.82) is 5.26 Å². The smallest absolute Gasteiger partial charge is 0.238 e. The van der Waals surface area contributed by atoms with Crippen LogP contribution in [0.2, 0.25) is 0 Å². The number of pyridine rings is 1. The van der Waals surface area contributed by atoms with Crippen molar-refractivity contribution in [3.05, 3.63) is 95.2 Å². The third-order valence-electron chi connectivity index (χ3n) is 7.40. The lowest BCUT2D eigenvalue weighted by molar-refractivity contribution is 0.211. The Morgan fingerprint density at radius 1 is 1.11 bits per heavy atom. The van der Waals surface area contributed by atoms with E-state index in [4.69, 9.17) is 20.1 Å². The number of piperidine rings is 1. The molecule has 2 aromatic carbocycles. The number of hydrogen-bond acceptors (Lipinski definition) is 9. The fourth-order valence-electron chi connectivity index (χ4n) is 5.21. The molecular weight excluding hydrogens is 581 g/mol. The minimum absolute atomic E-state index is 0.0997. The van der Waals surface area contributed by atoms with Crippen molar-refractivity contribution in [3.63, 3.8) is 0 Å². The van der Waals surface area contributed by atoms with Crippen LogP contribution >= 0.6 is 0 Å². The number of rotatable bonds is 9. The molecule has 226 valence electrons. The Morgan fingerprint density at radius 2 is 1.82 bits per heavy atom. The third kappa shape index (κ3) is 7.62. The normalized spacial score (nSPS) is 14.4. The fraction of sp³-hybridized carbons (Fsp3) is 0.250. The SMILES string of the molecule is Cc1cc(/C=C/C#N)cc(C)c1Oc1nc(NC2CCN(Cc3ccc(S(N)(=O)=O)cc3)CC2)ncc1-c1ccnc(F)c1. The van der Waals surface area contributed by atoms with Gasteiger partial charge >= 0.3 is 0 Å². The first kappa shape index (κ1) is 30.7. The molecule has 3 heterocycles. The van der Waals surface area contributed by atoms with Crippen molar-refractivity contribution >= 4 is 22.0 Å². The van der Waals surface area contributed by atoms with E-state index < -0.39 is 16.0 Å². The predicted molar refractivity (Wildman–Crippen MR) is 166 cm³/mol. The molecule has 5 rings (SSSR count). The molecule has 1 fully saturated rings. The molecule has 0 radical (unpaired) electrons. The largest absolute Gasteiger partial charge is 0.438 e. The van der Waals surface area contributed by atoms with E-state index in [2.05, 4.69) is 20.2 Å². The van der Waals surface area contributed by atoms with Gasteiger partial charge in [0.25, 0.3) is 0 Å². The molecule has 2 aromatic heterocycles. The number of likely N-dealkylation sites (tertiary alicyclic amines) is 1. The highest BCUT2D eigenvalue weighted by Crippen LogP contribution is 2.36. The number of nitrogens with two attached hydrogens (primary N) is 1. The second-order valence-corrected chi connectivity index (χ2v) is 12.3. The number of ether oxygens (including phenoxy) is 1. The Labute approximate surface area is 256 Å². The van der Waals surface area contributed by atoms with Gasteiger partial charge in [0.05, 0.1) is 16.5 Å². The first-order chi connectivity index (χ1) is 21.1. The van der Waals surface area contributed by atoms with Crippen LogP contribution in [0.1, 0.15) is 35.1 Å². The number of primary sulfonamides is 1. The molecule has 12 heteroatoms. The number of anilines is 1. The van der Waals surface area contributed by atoms with Crippen molar-refractivity contribution in [2.45, 2.75) is 44.2 Å². The van der Waals surface area contributed by atoms with Crippen molar-refractivity contribution < 1.29 is 17.5 Å². The number of sulfonamides is 1. The van der Waals surface area contributed by atoms with Crippen molar-refractivity contribution in [2.24, 2.45) is 5.14 Å². The number of nitrogens with one attached hydrogen (secondary N) is 1. The van der Waals surface area contributed by atoms with Gasteiger partial charge in [0.2, 0.25) is 27.8 Å². The van der Waals surface area contributed by atoms with Gasteiger partial charge in [-0.25, -0.2) is 23.5 Å². The zero-order chi connectivity index (χ0) is 31.3. The van der Waals surface area contributed by atoms with E-state index in [1.54, 1.807) is 30.5 Å². The molecule has 0 bridgehead atoms. The maximum absolute atomic E-state index is 14.0. The van der Waals surface area contributed by atoms with Gasteiger partial charge in [-0.3, -0.25) is 4.90 Å². The molecule has 10 nitrogen and oxygen atoms in total. The van der Waals surface area contributed by atoms with Crippen molar-refractivity contribution in [2.75, 3.05) is 18.4 Å². The standard InChI is InChI=1S/C32H32FN7O3S/c1-21-16-24(4-3-12-34)17-22(2)30(21)43-31-28(25-9-13-36-29(33)18-25)19-37-32(39-31)38-26-10-14-40(15-11-26)20-23-5-7-27(8-6-23)44(35,41)42/h3-9,13,16-19,26H,10-11,14-15,20H2,1-2H3,(H2,35,41,42)(H,37,38,39)/b4-3+. The highest BCUT2D eigenvalue weighted by molar-refractivity contribution is 7.89. The molecule has 0 atom stereocenters. The lowest BCUT2D eigenvalue weighted by Crippen LogP contribution is -2.39. The number of nitrogens with zero attached hydrogens (tertiary/aromatic N) is 5. The molecule has 0 aliphatic carbocycles. The second kappa shape index (κ2) is 13.3. The monoisotopic (exact) mass is 613 g/mol. The summed E-state index contributed by atoms with van der Waals surface area (Å²) in [5, 5.41) is 17.5. The van der Waals surface area contributed by atoms with Crippen molar-refractivity contribution in [1.82, 2.24) is 19.9 Å². The fourth-order valence-corrected chi connectivity index (χ4v) is 5.73. The molecule has 0 spiro atoms. The van der Waals surface area contributed by atoms with Crippen LogP contribution in [0.4, 0.5) is 10.3 Å². The minimum atomic E-state index is -3.71. The molecule has 4 aromatic rings. The average molecular weight is 614 g/mol. The van der Waals surface area contributed by atoms with Gasteiger partial charge in [-0.1, -0.05) is 12.1 Å². The number of hydrogen-bond donors (Lipinski definition) is 2. The lowest BCUT2D eigenvalue weighted by atomic mass is 10.0. The maximum atomic E-state index is 14.0. The van der Waals surface area contributed by atoms with Gasteiger partial charge in [-0.2, -0.15) is 14.6 Å². The van der Waals surface area contributed by atoms with Gasteiger partial charge in [-0.05, 0) is 90.9 Å². The summed E-state index contributed by atoms with van der Waals surface area (Å²) in [5.74, 6) is 0.674. The second-order valence-electron chi connectivity index (χ2n) is 10.7. The van der Waals surface area contributed by atoms with Crippen LogP contribution in [0.25, 0.3) is 17.2 Å². The van der Waals surface area contributed by atoms with Crippen LogP contribution < -0.4 is 15.2 Å². The predicted octanol–water partition coefficient (Wildman–Crippen LogP) is 5.35. The summed E-state index contributed by atoms with van der Waals surface area (Å²) >= 11 is 0. The summed E-state index contributed by atoms with van der Waals surface area (Å²) in [6.45, 7) is 6.20. The Balaban J connectivity index is 1.32. The van der Waals surface area contributed by atoms with E-state index in [0.29, 0.717) is 29.4 Å². The number of aryl methyl sites for hydroxylation is 2. The number of aromatic nitrogens is 3. The molecule has 3 N–H and O–H groups in total. The Hall–Kier alpha value is -4.70. The lowest BCUT2D eigenvalue weighted by Gasteiger charge is -2.32. The number of halogens is 1. The summed E-state index contributed by atoms with van der Waals surface area (Å²) in [5.41, 5.74) is 4.66. The molecule has 0 amide bonds. The van der Waals surface area contributed by atoms with Gasteiger partial charge in [0.1, 0.15) is 5.75 Å². The van der Waals surface area contributed by atoms with Crippen molar-refractivity contribution in [3.8, 4) is 28.8 Å². The molecule has 0 saturated carbocycles. The van der Waals surface area contributed by atoms with E-state index >= 15 is 0 Å². The Bertz CT molecular complexity index is 1810. The van der Waals surface area contributed by atoms with Crippen LogP contribution in [0, 0.1) is 31.1 Å². The average Bonchev–Trinajstić information content (AvgIpc) is 2.99. The Morgan fingerprint density at radius 3 is 2.45 bits per heavy atom. The minimum Gasteiger partial charge on any atom is -0.438 e. The van der Waals surface area contributed by atoms with Crippen LogP contribution in [0.5, 0.6) is 11.6 Å². The van der Waals surface area contributed by atoms with E-state index in [9.17, 15) is 12.8 Å². The van der Waals surface area contributed by atoms with Crippen LogP contribution in [-0.4, -0.2) is 47.4 Å². The highest BCUT2D eigenvalue weighted by Gasteiger charge is 2.22. The van der Waals surface area contributed by atoms with E-state index in [1.165, 1.54) is 30.5 Å². The summed E-state index contributed by atoms with van der Waals surface area (Å²) in [4.78, 5) is 15.3. The van der Waals surface area contributed by atoms with E-state index in [0.717, 1.165) is 48.2 Å². The third-order valence-corrected chi connectivity index (χ3v) is 8.33. The molecule has 1 saturated heterocycles. The number of nitriles is 1. The van der Waals surface area contributed by atoms with Crippen LogP contribution in [-0.2, 0) is 16.6 Å². The first-order valence-corrected chi connectivity index (χ1v) is 15.6. The quantitative estimate of drug-likeness (QED) is 0.188. The van der Waals surface area contributed by atoms with E-state index in [1.807, 2.05) is 32.0 Å². The molecule has 1 aliphatic rings. The topological polar surface area (TPSA) is 147 Å². The molecule has 1 aliphatic heterocycles. The molecule has 44 heavy (non-hydrogen) atoms. The number of benzene rings is 2. The zero-order valence-corrected chi connectivity index (χ0v) is 25.2. The molecule has 0 unspecified atom stereocenters. The summed E-state index contributed by atoms with van der Waals surface area (Å²) in [6, 6.07) is 15.6. The molecular formula is C32H32FN7O3S. The van der Waals surface area contributed by atoms with Gasteiger partial charge in [0, 0.05) is 50.2 Å². The van der Waals surface area contributed by atoms with E-state index in [-0.39, 0.29) is 16.8 Å². The summed E-state index contributed by atoms with van der Waals surface area (Å²) < 4.78 is 43.5. The van der Waals surface area contributed by atoms with Crippen LogP contribution in [0.15, 0.2) is 71.9 Å². The van der Waals surface area contributed by atoms with Gasteiger partial charge < -0.3 is 10.1 Å². The number of allylic oxidation sites excluding steroid dienone is 1. The summed E-state index contributed by atoms with van der Waals surface area (Å²) in [6.07, 6.45) is 7.86. The zero-order valence-electron chi connectivity index (χ0n) is 24.4. The Kier molecular flexibility index (Phi) is 9.29. The summed E-state index contributed by atoms with van der Waals surface area (Å²) in [7, 11) is -3.71. The van der Waals surface area contributed by atoms with Crippen LogP contribution in [0.3, 0.4) is 0 Å². The highest BCUT2D eigenvalue weighted by atomic mass is 32.2. The van der Waals surface area contributed by atoms with Gasteiger partial charge in [-0.15, -0.1) is 0 Å².